The average Bonchev–Trinajstić information content (AvgIpc) is 3.38. The van der Waals surface area contributed by atoms with Crippen LogP contribution in [0.5, 0.6) is 0 Å². The van der Waals surface area contributed by atoms with Crippen molar-refractivity contribution in [3.05, 3.63) is 54.1 Å². The number of nitrogens with zero attached hydrogens (tertiary/aromatic N) is 6. The molecule has 0 radical (unpaired) electrons. The number of carbonyl (C=O) groups is 1. The number of hydrogen-bond acceptors (Lipinski definition) is 3. The number of rotatable bonds is 2. The molecule has 4 aromatic rings. The largest absolute Gasteiger partial charge is 0.338 e. The predicted molar refractivity (Wildman–Crippen MR) is 107 cm³/mol. The standard InChI is InChI=1S/C21H22N6O/c1-14(28)26-8-7-20-18(13-26)21(23-25(20)3)27-9-6-16-10-15(4-5-19(16)27)17-11-22-24(2)12-17/h4-6,9-12H,7-8,13H2,1-3H3. The third kappa shape index (κ3) is 2.54. The number of fused-ring (bicyclic) bond motifs is 2. The van der Waals surface area contributed by atoms with Crippen molar-refractivity contribution in [2.24, 2.45) is 14.1 Å². The summed E-state index contributed by atoms with van der Waals surface area (Å²) in [6.07, 6.45) is 6.79. The van der Waals surface area contributed by atoms with Crippen molar-refractivity contribution in [3.63, 3.8) is 0 Å². The Morgan fingerprint density at radius 2 is 2.00 bits per heavy atom. The summed E-state index contributed by atoms with van der Waals surface area (Å²) >= 11 is 0. The number of amides is 1. The molecule has 0 saturated carbocycles. The second-order valence-corrected chi connectivity index (χ2v) is 7.43. The predicted octanol–water partition coefficient (Wildman–Crippen LogP) is 2.67. The molecule has 3 aromatic heterocycles. The quantitative estimate of drug-likeness (QED) is 0.542. The number of hydrogen-bond donors (Lipinski definition) is 0. The van der Waals surface area contributed by atoms with Gasteiger partial charge in [0.15, 0.2) is 5.82 Å². The van der Waals surface area contributed by atoms with Crippen molar-refractivity contribution in [1.82, 2.24) is 29.0 Å². The minimum absolute atomic E-state index is 0.110. The molecule has 0 aliphatic carbocycles. The molecule has 142 valence electrons. The summed E-state index contributed by atoms with van der Waals surface area (Å²) in [5, 5.41) is 10.2. The Morgan fingerprint density at radius 3 is 2.75 bits per heavy atom. The first-order valence-corrected chi connectivity index (χ1v) is 9.42. The van der Waals surface area contributed by atoms with E-state index in [4.69, 9.17) is 5.10 Å². The SMILES string of the molecule is CC(=O)N1CCc2c(c(-n3ccc4cc(-c5cnn(C)c5)ccc43)nn2C)C1. The van der Waals surface area contributed by atoms with Crippen molar-refractivity contribution in [1.29, 1.82) is 0 Å². The van der Waals surface area contributed by atoms with Crippen molar-refractivity contribution in [3.8, 4) is 16.9 Å². The van der Waals surface area contributed by atoms with Crippen LogP contribution >= 0.6 is 0 Å². The van der Waals surface area contributed by atoms with Crippen molar-refractivity contribution in [2.75, 3.05) is 6.54 Å². The highest BCUT2D eigenvalue weighted by atomic mass is 16.2. The van der Waals surface area contributed by atoms with Gasteiger partial charge in [-0.2, -0.15) is 10.2 Å². The van der Waals surface area contributed by atoms with Gasteiger partial charge in [0.1, 0.15) is 0 Å². The van der Waals surface area contributed by atoms with E-state index in [9.17, 15) is 4.79 Å². The van der Waals surface area contributed by atoms with Crippen LogP contribution in [0.2, 0.25) is 0 Å². The fourth-order valence-electron chi connectivity index (χ4n) is 4.11. The molecule has 7 heteroatoms. The van der Waals surface area contributed by atoms with E-state index in [1.807, 2.05) is 40.8 Å². The van der Waals surface area contributed by atoms with Gasteiger partial charge >= 0.3 is 0 Å². The minimum atomic E-state index is 0.110. The third-order valence-corrected chi connectivity index (χ3v) is 5.62. The summed E-state index contributed by atoms with van der Waals surface area (Å²) in [5.74, 6) is 1.02. The molecule has 0 bridgehead atoms. The van der Waals surface area contributed by atoms with Gasteiger partial charge in [-0.25, -0.2) is 0 Å². The van der Waals surface area contributed by atoms with E-state index in [1.165, 1.54) is 5.69 Å². The summed E-state index contributed by atoms with van der Waals surface area (Å²) in [4.78, 5) is 13.8. The van der Waals surface area contributed by atoms with Crippen molar-refractivity contribution in [2.45, 2.75) is 19.9 Å². The lowest BCUT2D eigenvalue weighted by molar-refractivity contribution is -0.129. The van der Waals surface area contributed by atoms with Gasteiger partial charge in [0.2, 0.25) is 5.91 Å². The number of aryl methyl sites for hydroxylation is 2. The third-order valence-electron chi connectivity index (χ3n) is 5.62. The highest BCUT2D eigenvalue weighted by Gasteiger charge is 2.26. The van der Waals surface area contributed by atoms with E-state index < -0.39 is 0 Å². The molecule has 0 atom stereocenters. The first-order chi connectivity index (χ1) is 13.5. The summed E-state index contributed by atoms with van der Waals surface area (Å²) in [6, 6.07) is 8.54. The van der Waals surface area contributed by atoms with Crippen molar-refractivity contribution >= 4 is 16.8 Å². The van der Waals surface area contributed by atoms with Crippen LogP contribution in [0.25, 0.3) is 27.8 Å². The molecule has 1 aliphatic rings. The Hall–Kier alpha value is -3.35. The lowest BCUT2D eigenvalue weighted by Gasteiger charge is -2.26. The smallest absolute Gasteiger partial charge is 0.219 e. The van der Waals surface area contributed by atoms with E-state index in [1.54, 1.807) is 6.92 Å². The Labute approximate surface area is 162 Å². The maximum absolute atomic E-state index is 11.9. The monoisotopic (exact) mass is 374 g/mol. The Morgan fingerprint density at radius 1 is 1.14 bits per heavy atom. The zero-order valence-electron chi connectivity index (χ0n) is 16.3. The zero-order chi connectivity index (χ0) is 19.4. The fourth-order valence-corrected chi connectivity index (χ4v) is 4.11. The van der Waals surface area contributed by atoms with Crippen LogP contribution in [0.15, 0.2) is 42.9 Å². The molecule has 1 aromatic carbocycles. The molecule has 0 fully saturated rings. The Balaban J connectivity index is 1.60. The minimum Gasteiger partial charge on any atom is -0.338 e. The summed E-state index contributed by atoms with van der Waals surface area (Å²) < 4.78 is 5.90. The Kier molecular flexibility index (Phi) is 3.65. The molecule has 0 spiro atoms. The van der Waals surface area contributed by atoms with Crippen LogP contribution in [0, 0.1) is 0 Å². The van der Waals surface area contributed by atoms with Crippen LogP contribution in [0.3, 0.4) is 0 Å². The number of carbonyl (C=O) groups excluding carboxylic acids is 1. The van der Waals surface area contributed by atoms with E-state index >= 15 is 0 Å². The molecule has 4 heterocycles. The number of benzene rings is 1. The Bertz CT molecular complexity index is 1210. The molecule has 28 heavy (non-hydrogen) atoms. The second-order valence-electron chi connectivity index (χ2n) is 7.43. The lowest BCUT2D eigenvalue weighted by Crippen LogP contribution is -2.34. The molecule has 7 nitrogen and oxygen atoms in total. The van der Waals surface area contributed by atoms with Gasteiger partial charge in [-0.3, -0.25) is 18.7 Å². The summed E-state index contributed by atoms with van der Waals surface area (Å²) in [7, 11) is 3.91. The molecule has 1 aliphatic heterocycles. The first-order valence-electron chi connectivity index (χ1n) is 9.42. The molecule has 1 amide bonds. The molecule has 0 N–H and O–H groups in total. The van der Waals surface area contributed by atoms with Crippen LogP contribution in [0.4, 0.5) is 0 Å². The first kappa shape index (κ1) is 16.8. The molecule has 0 saturated heterocycles. The highest BCUT2D eigenvalue weighted by Crippen LogP contribution is 2.30. The van der Waals surface area contributed by atoms with Crippen molar-refractivity contribution < 1.29 is 4.79 Å². The van der Waals surface area contributed by atoms with Gasteiger partial charge in [0.25, 0.3) is 0 Å². The topological polar surface area (TPSA) is 60.9 Å². The van der Waals surface area contributed by atoms with Gasteiger partial charge in [-0.05, 0) is 23.8 Å². The van der Waals surface area contributed by atoms with E-state index in [-0.39, 0.29) is 5.91 Å². The van der Waals surface area contributed by atoms with Gasteiger partial charge in [-0.1, -0.05) is 6.07 Å². The molecular formula is C21H22N6O. The van der Waals surface area contributed by atoms with E-state index in [0.717, 1.165) is 46.4 Å². The zero-order valence-corrected chi connectivity index (χ0v) is 16.3. The normalized spacial score (nSPS) is 13.9. The van der Waals surface area contributed by atoms with Crippen LogP contribution in [0.1, 0.15) is 18.2 Å². The maximum Gasteiger partial charge on any atom is 0.219 e. The van der Waals surface area contributed by atoms with Crippen LogP contribution < -0.4 is 0 Å². The van der Waals surface area contributed by atoms with E-state index in [2.05, 4.69) is 40.1 Å². The molecule has 5 rings (SSSR count). The highest BCUT2D eigenvalue weighted by molar-refractivity contribution is 5.87. The van der Waals surface area contributed by atoms with Crippen LogP contribution in [-0.2, 0) is 31.9 Å². The summed E-state index contributed by atoms with van der Waals surface area (Å²) in [6.45, 7) is 3.00. The molecule has 0 unspecified atom stereocenters. The van der Waals surface area contributed by atoms with Gasteiger partial charge in [0, 0.05) is 68.6 Å². The maximum atomic E-state index is 11.9. The van der Waals surface area contributed by atoms with Gasteiger partial charge < -0.3 is 4.90 Å². The number of aromatic nitrogens is 5. The van der Waals surface area contributed by atoms with Gasteiger partial charge in [0.05, 0.1) is 18.3 Å². The molecular weight excluding hydrogens is 352 g/mol. The second kappa shape index (κ2) is 6.09. The lowest BCUT2D eigenvalue weighted by atomic mass is 10.1. The van der Waals surface area contributed by atoms with E-state index in [0.29, 0.717) is 6.54 Å². The van der Waals surface area contributed by atoms with Gasteiger partial charge in [-0.15, -0.1) is 0 Å². The fraction of sp³-hybridized carbons (Fsp3) is 0.286. The van der Waals surface area contributed by atoms with Crippen LogP contribution in [-0.4, -0.2) is 41.5 Å². The summed E-state index contributed by atoms with van der Waals surface area (Å²) in [5.41, 5.74) is 5.70. The average molecular weight is 374 g/mol.